The van der Waals surface area contributed by atoms with Crippen LogP contribution in [0.4, 0.5) is 0 Å². The molecule has 0 aliphatic heterocycles. The molecule has 24 valence electrons. The molecular formula is H4AlNO2. The summed E-state index contributed by atoms with van der Waals surface area (Å²) >= 11 is 0. The van der Waals surface area contributed by atoms with Gasteiger partial charge in [-0.25, -0.2) is 0 Å². The molecule has 0 atom stereocenters. The fraction of sp³-hybridized carbons (Fsp3) is 0. The third kappa shape index (κ3) is 28.3. The van der Waals surface area contributed by atoms with E-state index in [-0.39, 0.29) is 34.5 Å². The molecule has 0 aliphatic rings. The second-order valence-electron chi connectivity index (χ2n) is 0. The van der Waals surface area contributed by atoms with Crippen molar-refractivity contribution in [2.45, 2.75) is 0 Å². The number of quaternary nitrogens is 1. The summed E-state index contributed by atoms with van der Waals surface area (Å²) < 4.78 is 0. The normalized spacial score (nSPS) is 0. The third-order valence-electron chi connectivity index (χ3n) is 0. The van der Waals surface area contributed by atoms with Crippen LogP contribution < -0.4 is 6.15 Å². The number of hydrogen-bond donors (Lipinski definition) is 1. The van der Waals surface area contributed by atoms with E-state index in [1.807, 2.05) is 0 Å². The van der Waals surface area contributed by atoms with Gasteiger partial charge in [0, 0.05) is 0 Å². The summed E-state index contributed by atoms with van der Waals surface area (Å²) in [4.78, 5) is 0. The van der Waals surface area contributed by atoms with Crippen molar-refractivity contribution in [2.75, 3.05) is 0 Å². The molecule has 0 saturated heterocycles. The smallest absolute Gasteiger partial charge is 2.00 e. The van der Waals surface area contributed by atoms with Crippen molar-refractivity contribution < 1.29 is 11.0 Å². The SMILES string of the molecule is [Al+3].[NH4+].[O-2].[O-2]. The average Bonchev–Trinajstić information content (AvgIpc) is 0. The average molecular weight is 77.0 g/mol. The van der Waals surface area contributed by atoms with Gasteiger partial charge in [-0.15, -0.1) is 0 Å². The second-order valence-corrected chi connectivity index (χ2v) is 0. The molecule has 4 heteroatoms. The minimum Gasteiger partial charge on any atom is -2.00 e. The molecule has 0 saturated carbocycles. The van der Waals surface area contributed by atoms with E-state index in [1.54, 1.807) is 0 Å². The van der Waals surface area contributed by atoms with E-state index in [1.165, 1.54) is 0 Å². The molecule has 0 rings (SSSR count). The van der Waals surface area contributed by atoms with Gasteiger partial charge in [0.15, 0.2) is 0 Å². The van der Waals surface area contributed by atoms with E-state index in [9.17, 15) is 0 Å². The molecule has 3 nitrogen and oxygen atoms in total. The molecule has 4 heavy (non-hydrogen) atoms. The molecule has 0 fully saturated rings. The van der Waals surface area contributed by atoms with E-state index in [4.69, 9.17) is 0 Å². The molecule has 0 heterocycles. The Labute approximate surface area is 35.3 Å². The topological polar surface area (TPSA) is 93.5 Å². The minimum absolute atomic E-state index is 0. The maximum atomic E-state index is 0. The van der Waals surface area contributed by atoms with Gasteiger partial charge in [-0.2, -0.15) is 0 Å². The second kappa shape index (κ2) is 117. The molecule has 0 aromatic carbocycles. The van der Waals surface area contributed by atoms with E-state index in [0.717, 1.165) is 0 Å². The first-order valence-corrected chi connectivity index (χ1v) is 0. The van der Waals surface area contributed by atoms with Gasteiger partial charge in [0.2, 0.25) is 0 Å². The zero-order valence-electron chi connectivity index (χ0n) is 2.39. The Balaban J connectivity index is 0. The Morgan fingerprint density at radius 2 is 0.750 bits per heavy atom. The summed E-state index contributed by atoms with van der Waals surface area (Å²) in [5.41, 5.74) is 0. The van der Waals surface area contributed by atoms with E-state index < -0.39 is 0 Å². The maximum absolute atomic E-state index is 0. The minimum atomic E-state index is 0. The predicted molar refractivity (Wildman–Crippen MR) is 13.1 cm³/mol. The first kappa shape index (κ1) is 302. The van der Waals surface area contributed by atoms with Crippen LogP contribution in [0, 0.1) is 0 Å². The van der Waals surface area contributed by atoms with Crippen molar-refractivity contribution in [3.63, 3.8) is 0 Å². The molecule has 0 spiro atoms. The molecule has 0 amide bonds. The van der Waals surface area contributed by atoms with Crippen molar-refractivity contribution in [1.82, 2.24) is 6.15 Å². The molecule has 0 aliphatic carbocycles. The largest absolute Gasteiger partial charge is 3.00 e. The molecule has 4 N–H and O–H groups in total. The number of hydrogen-bond acceptors (Lipinski definition) is 0. The van der Waals surface area contributed by atoms with Crippen molar-refractivity contribution in [3.8, 4) is 0 Å². The third-order valence-corrected chi connectivity index (χ3v) is 0. The van der Waals surface area contributed by atoms with Crippen LogP contribution in [0.15, 0.2) is 0 Å². The van der Waals surface area contributed by atoms with Crippen LogP contribution in [-0.4, -0.2) is 17.4 Å². The van der Waals surface area contributed by atoms with Gasteiger partial charge < -0.3 is 17.1 Å². The van der Waals surface area contributed by atoms with Crippen LogP contribution in [0.3, 0.4) is 0 Å². The van der Waals surface area contributed by atoms with Crippen LogP contribution in [0.25, 0.3) is 0 Å². The Morgan fingerprint density at radius 1 is 0.750 bits per heavy atom. The molecule has 0 radical (unpaired) electrons. The predicted octanol–water partition coefficient (Wildman–Crippen LogP) is -0.242. The van der Waals surface area contributed by atoms with Crippen LogP contribution in [0.5, 0.6) is 0 Å². The molecule has 0 aromatic heterocycles. The Bertz CT molecular complexity index is 6.00. The number of rotatable bonds is 0. The van der Waals surface area contributed by atoms with Crippen molar-refractivity contribution in [1.29, 1.82) is 0 Å². The molecule has 0 aromatic rings. The van der Waals surface area contributed by atoms with Gasteiger partial charge >= 0.3 is 17.4 Å². The molecule has 0 bridgehead atoms. The van der Waals surface area contributed by atoms with Gasteiger partial charge in [0.1, 0.15) is 0 Å². The maximum Gasteiger partial charge on any atom is 3.00 e. The molecule has 0 unspecified atom stereocenters. The van der Waals surface area contributed by atoms with Crippen molar-refractivity contribution in [3.05, 3.63) is 0 Å². The van der Waals surface area contributed by atoms with Crippen molar-refractivity contribution in [2.24, 2.45) is 0 Å². The Kier molecular flexibility index (Phi) is 8810. The fourth-order valence-corrected chi connectivity index (χ4v) is 0. The monoisotopic (exact) mass is 77.0 g/mol. The summed E-state index contributed by atoms with van der Waals surface area (Å²) in [5.74, 6) is 0. The molecular weight excluding hydrogens is 73.0 g/mol. The van der Waals surface area contributed by atoms with E-state index in [2.05, 4.69) is 0 Å². The summed E-state index contributed by atoms with van der Waals surface area (Å²) in [6.45, 7) is 0. The quantitative estimate of drug-likeness (QED) is 0.386. The first-order valence-electron chi connectivity index (χ1n) is 0. The first-order chi connectivity index (χ1) is 0. The zero-order valence-corrected chi connectivity index (χ0v) is 3.55. The van der Waals surface area contributed by atoms with Gasteiger partial charge in [0.05, 0.1) is 0 Å². The van der Waals surface area contributed by atoms with Gasteiger partial charge in [-0.3, -0.25) is 0 Å². The van der Waals surface area contributed by atoms with Crippen molar-refractivity contribution >= 4 is 17.4 Å². The van der Waals surface area contributed by atoms with Crippen LogP contribution >= 0.6 is 0 Å². The Morgan fingerprint density at radius 3 is 0.750 bits per heavy atom. The van der Waals surface area contributed by atoms with E-state index in [0.29, 0.717) is 0 Å². The summed E-state index contributed by atoms with van der Waals surface area (Å²) in [5, 5.41) is 0. The zero-order chi connectivity index (χ0) is 0. The van der Waals surface area contributed by atoms with E-state index >= 15 is 0 Å². The summed E-state index contributed by atoms with van der Waals surface area (Å²) in [6.07, 6.45) is 0. The fourth-order valence-electron chi connectivity index (χ4n) is 0. The van der Waals surface area contributed by atoms with Gasteiger partial charge in [-0.05, 0) is 0 Å². The van der Waals surface area contributed by atoms with Crippen LogP contribution in [-0.2, 0) is 11.0 Å². The summed E-state index contributed by atoms with van der Waals surface area (Å²) in [6, 6.07) is 0. The summed E-state index contributed by atoms with van der Waals surface area (Å²) in [7, 11) is 0. The van der Waals surface area contributed by atoms with Crippen LogP contribution in [0.1, 0.15) is 0 Å². The standard InChI is InChI=1S/Al.H3N.2O/h;1H3;;/q+3;;2*-2/p+1. The van der Waals surface area contributed by atoms with Crippen LogP contribution in [0.2, 0.25) is 0 Å². The van der Waals surface area contributed by atoms with Gasteiger partial charge in [0.25, 0.3) is 0 Å². The Hall–Kier alpha value is 0.412. The van der Waals surface area contributed by atoms with Gasteiger partial charge in [-0.1, -0.05) is 0 Å².